The van der Waals surface area contributed by atoms with E-state index in [1.807, 2.05) is 0 Å². The van der Waals surface area contributed by atoms with Crippen molar-refractivity contribution in [3.63, 3.8) is 0 Å². The number of pyridine rings is 1. The number of fused-ring (bicyclic) bond motifs is 1. The highest BCUT2D eigenvalue weighted by molar-refractivity contribution is 5.87. The van der Waals surface area contributed by atoms with E-state index in [-0.39, 0.29) is 11.3 Å². The van der Waals surface area contributed by atoms with Crippen molar-refractivity contribution in [3.8, 4) is 5.75 Å². The van der Waals surface area contributed by atoms with Crippen LogP contribution in [0.1, 0.15) is 25.0 Å². The van der Waals surface area contributed by atoms with Gasteiger partial charge >= 0.3 is 0 Å². The molecule has 1 heterocycles. The van der Waals surface area contributed by atoms with Crippen molar-refractivity contribution in [3.05, 3.63) is 40.2 Å². The minimum atomic E-state index is -0.680. The summed E-state index contributed by atoms with van der Waals surface area (Å²) in [6.45, 7) is 3.33. The number of hydrogen-bond acceptors (Lipinski definition) is 4. The zero-order valence-electron chi connectivity index (χ0n) is 10.8. The van der Waals surface area contributed by atoms with Crippen LogP contribution in [0.4, 0.5) is 0 Å². The topological polar surface area (TPSA) is 85.3 Å². The molecule has 0 amide bonds. The zero-order chi connectivity index (χ0) is 13.8. The first-order chi connectivity index (χ1) is 9.13. The molecule has 0 fully saturated rings. The van der Waals surface area contributed by atoms with E-state index in [1.54, 1.807) is 12.1 Å². The SMILES string of the molecule is CCCNC[C@H](O)c1ccc(O)c2[nH]c(=O)ccc12. The molecule has 0 saturated carbocycles. The molecule has 2 rings (SSSR count). The largest absolute Gasteiger partial charge is 0.506 e. The molecule has 0 saturated heterocycles. The summed E-state index contributed by atoms with van der Waals surface area (Å²) >= 11 is 0. The molecular formula is C14H18N2O3. The van der Waals surface area contributed by atoms with Crippen LogP contribution in [0, 0.1) is 0 Å². The summed E-state index contributed by atoms with van der Waals surface area (Å²) in [6, 6.07) is 6.16. The Bertz CT molecular complexity index is 622. The Labute approximate surface area is 110 Å². The second kappa shape index (κ2) is 5.86. The van der Waals surface area contributed by atoms with Gasteiger partial charge < -0.3 is 20.5 Å². The molecule has 102 valence electrons. The summed E-state index contributed by atoms with van der Waals surface area (Å²) in [5.41, 5.74) is 0.769. The van der Waals surface area contributed by atoms with Crippen LogP contribution in [0.5, 0.6) is 5.75 Å². The van der Waals surface area contributed by atoms with Crippen LogP contribution in [0.2, 0.25) is 0 Å². The summed E-state index contributed by atoms with van der Waals surface area (Å²) in [4.78, 5) is 13.9. The number of aromatic nitrogens is 1. The molecule has 4 N–H and O–H groups in total. The van der Waals surface area contributed by atoms with Gasteiger partial charge in [-0.1, -0.05) is 13.0 Å². The first kappa shape index (κ1) is 13.6. The third-order valence-corrected chi connectivity index (χ3v) is 3.03. The van der Waals surface area contributed by atoms with Crippen molar-refractivity contribution >= 4 is 10.9 Å². The number of phenolic OH excluding ortho intramolecular Hbond substituents is 1. The molecule has 0 aliphatic carbocycles. The molecule has 0 radical (unpaired) electrons. The highest BCUT2D eigenvalue weighted by atomic mass is 16.3. The molecule has 1 aromatic carbocycles. The van der Waals surface area contributed by atoms with Crippen LogP contribution in [-0.2, 0) is 0 Å². The average molecular weight is 262 g/mol. The van der Waals surface area contributed by atoms with Gasteiger partial charge in [-0.05, 0) is 30.7 Å². The first-order valence-corrected chi connectivity index (χ1v) is 6.37. The number of hydrogen-bond donors (Lipinski definition) is 4. The van der Waals surface area contributed by atoms with Gasteiger partial charge in [0.1, 0.15) is 5.75 Å². The van der Waals surface area contributed by atoms with Gasteiger partial charge in [0.2, 0.25) is 5.56 Å². The van der Waals surface area contributed by atoms with Gasteiger partial charge in [0.25, 0.3) is 0 Å². The molecule has 5 heteroatoms. The van der Waals surface area contributed by atoms with Crippen LogP contribution < -0.4 is 10.9 Å². The molecule has 0 unspecified atom stereocenters. The predicted octanol–water partition coefficient (Wildman–Crippen LogP) is 1.27. The zero-order valence-corrected chi connectivity index (χ0v) is 10.8. The maximum atomic E-state index is 11.3. The number of aliphatic hydroxyl groups is 1. The smallest absolute Gasteiger partial charge is 0.248 e. The summed E-state index contributed by atoms with van der Waals surface area (Å²) in [7, 11) is 0. The first-order valence-electron chi connectivity index (χ1n) is 6.37. The highest BCUT2D eigenvalue weighted by Gasteiger charge is 2.13. The van der Waals surface area contributed by atoms with Crippen molar-refractivity contribution in [2.75, 3.05) is 13.1 Å². The van der Waals surface area contributed by atoms with Crippen LogP contribution in [-0.4, -0.2) is 28.3 Å². The minimum Gasteiger partial charge on any atom is -0.506 e. The number of aromatic hydroxyl groups is 1. The third kappa shape index (κ3) is 2.94. The molecule has 1 aromatic heterocycles. The van der Waals surface area contributed by atoms with E-state index in [1.165, 1.54) is 12.1 Å². The highest BCUT2D eigenvalue weighted by Crippen LogP contribution is 2.28. The minimum absolute atomic E-state index is 0.00478. The van der Waals surface area contributed by atoms with Crippen LogP contribution in [0.15, 0.2) is 29.1 Å². The lowest BCUT2D eigenvalue weighted by atomic mass is 10.0. The van der Waals surface area contributed by atoms with Crippen molar-refractivity contribution in [1.29, 1.82) is 0 Å². The Morgan fingerprint density at radius 2 is 2.11 bits per heavy atom. The Hall–Kier alpha value is -1.85. The van der Waals surface area contributed by atoms with Gasteiger partial charge in [-0.2, -0.15) is 0 Å². The number of aromatic amines is 1. The fraction of sp³-hybridized carbons (Fsp3) is 0.357. The molecule has 0 aliphatic rings. The number of benzene rings is 1. The number of phenols is 1. The van der Waals surface area contributed by atoms with Crippen molar-refractivity contribution in [2.45, 2.75) is 19.4 Å². The lowest BCUT2D eigenvalue weighted by Crippen LogP contribution is -2.22. The van der Waals surface area contributed by atoms with Gasteiger partial charge in [0.15, 0.2) is 0 Å². The number of nitrogens with one attached hydrogen (secondary N) is 2. The van der Waals surface area contributed by atoms with Crippen LogP contribution in [0.25, 0.3) is 10.9 Å². The average Bonchev–Trinajstić information content (AvgIpc) is 2.40. The molecule has 0 bridgehead atoms. The summed E-state index contributed by atoms with van der Waals surface area (Å²) < 4.78 is 0. The Kier molecular flexibility index (Phi) is 4.19. The van der Waals surface area contributed by atoms with Gasteiger partial charge in [0.05, 0.1) is 11.6 Å². The van der Waals surface area contributed by atoms with Gasteiger partial charge in [0, 0.05) is 18.0 Å². The molecule has 5 nitrogen and oxygen atoms in total. The number of H-pyrrole nitrogens is 1. The maximum Gasteiger partial charge on any atom is 0.248 e. The van der Waals surface area contributed by atoms with E-state index in [2.05, 4.69) is 17.2 Å². The number of aliphatic hydroxyl groups excluding tert-OH is 1. The van der Waals surface area contributed by atoms with Crippen molar-refractivity contribution < 1.29 is 10.2 Å². The van der Waals surface area contributed by atoms with Crippen LogP contribution >= 0.6 is 0 Å². The number of rotatable bonds is 5. The van der Waals surface area contributed by atoms with Crippen LogP contribution in [0.3, 0.4) is 0 Å². The van der Waals surface area contributed by atoms with Gasteiger partial charge in [-0.25, -0.2) is 0 Å². The normalized spacial score (nSPS) is 12.7. The Morgan fingerprint density at radius 1 is 1.32 bits per heavy atom. The van der Waals surface area contributed by atoms with E-state index < -0.39 is 6.10 Å². The predicted molar refractivity (Wildman–Crippen MR) is 74.4 cm³/mol. The van der Waals surface area contributed by atoms with Crippen molar-refractivity contribution in [1.82, 2.24) is 10.3 Å². The second-order valence-corrected chi connectivity index (χ2v) is 4.51. The monoisotopic (exact) mass is 262 g/mol. The molecular weight excluding hydrogens is 244 g/mol. The quantitative estimate of drug-likeness (QED) is 0.611. The molecule has 2 aromatic rings. The summed E-state index contributed by atoms with van der Waals surface area (Å²) in [5.74, 6) is 0.00478. The Morgan fingerprint density at radius 3 is 2.84 bits per heavy atom. The lowest BCUT2D eigenvalue weighted by Gasteiger charge is -2.14. The standard InChI is InChI=1S/C14H18N2O3/c1-2-7-15-8-12(18)9-3-5-11(17)14-10(9)4-6-13(19)16-14/h3-6,12,15,17-18H,2,7-8H2,1H3,(H,16,19)/t12-/m0/s1. The van der Waals surface area contributed by atoms with Crippen molar-refractivity contribution in [2.24, 2.45) is 0 Å². The molecule has 1 atom stereocenters. The van der Waals surface area contributed by atoms with E-state index in [9.17, 15) is 15.0 Å². The molecule has 19 heavy (non-hydrogen) atoms. The van der Waals surface area contributed by atoms with Gasteiger partial charge in [-0.15, -0.1) is 0 Å². The van der Waals surface area contributed by atoms with E-state index in [4.69, 9.17) is 0 Å². The molecule has 0 aliphatic heterocycles. The third-order valence-electron chi connectivity index (χ3n) is 3.03. The lowest BCUT2D eigenvalue weighted by molar-refractivity contribution is 0.176. The fourth-order valence-corrected chi connectivity index (χ4v) is 2.08. The summed E-state index contributed by atoms with van der Waals surface area (Å²) in [5, 5.41) is 23.7. The summed E-state index contributed by atoms with van der Waals surface area (Å²) in [6.07, 6.45) is 0.316. The molecule has 0 spiro atoms. The van der Waals surface area contributed by atoms with E-state index in [0.29, 0.717) is 23.0 Å². The fourth-order valence-electron chi connectivity index (χ4n) is 2.08. The van der Waals surface area contributed by atoms with Gasteiger partial charge in [-0.3, -0.25) is 4.79 Å². The maximum absolute atomic E-state index is 11.3. The van der Waals surface area contributed by atoms with E-state index in [0.717, 1.165) is 13.0 Å². The van der Waals surface area contributed by atoms with E-state index >= 15 is 0 Å². The second-order valence-electron chi connectivity index (χ2n) is 4.51. The Balaban J connectivity index is 2.38.